The molecule has 0 aliphatic heterocycles. The molecule has 4 aromatic rings. The van der Waals surface area contributed by atoms with Crippen LogP contribution in [0.2, 0.25) is 0 Å². The Bertz CT molecular complexity index is 1520. The molecule has 10 heteroatoms. The molecule has 0 atom stereocenters. The van der Waals surface area contributed by atoms with Crippen LogP contribution in [0, 0.1) is 6.92 Å². The second kappa shape index (κ2) is 8.83. The number of aryl methyl sites for hydroxylation is 3. The number of hydrogen-bond acceptors (Lipinski definition) is 6. The molecule has 38 heavy (non-hydrogen) atoms. The van der Waals surface area contributed by atoms with E-state index in [1.54, 1.807) is 6.33 Å². The van der Waals surface area contributed by atoms with Gasteiger partial charge < -0.3 is 24.5 Å². The van der Waals surface area contributed by atoms with Crippen LogP contribution in [0.15, 0.2) is 18.5 Å². The Hall–Kier alpha value is -3.40. The van der Waals surface area contributed by atoms with E-state index in [-0.39, 0.29) is 12.0 Å². The molecule has 0 bridgehead atoms. The van der Waals surface area contributed by atoms with Gasteiger partial charge in [0.2, 0.25) is 0 Å². The normalized spacial score (nSPS) is 21.9. The number of nitrogens with zero attached hydrogens (tertiary/aromatic N) is 7. The molecule has 3 saturated carbocycles. The Balaban J connectivity index is 1.29. The standard InChI is InChI=1S/C28H36N8O2/c1-4-34-22(28(38)35(17-5-6-17)18-7-8-18)14-21-25-24(29-15-33(25)3)26(31-27(21)34)30-23-13-16(2)36(32-23)19-9-11-20(37)12-10-19/h13-15,17-20,37H,4-12H2,1-3H3,(H,30,31,32). The molecule has 0 aromatic carbocycles. The number of nitrogens with one attached hydrogen (secondary N) is 1. The number of hydrogen-bond donors (Lipinski definition) is 2. The molecular formula is C28H36N8O2. The maximum atomic E-state index is 13.8. The van der Waals surface area contributed by atoms with E-state index >= 15 is 0 Å². The molecule has 0 saturated heterocycles. The van der Waals surface area contributed by atoms with Gasteiger partial charge in [-0.25, -0.2) is 9.97 Å². The molecule has 2 N–H and O–H groups in total. The number of fused-ring (bicyclic) bond motifs is 3. The number of imidazole rings is 1. The van der Waals surface area contributed by atoms with E-state index in [9.17, 15) is 9.90 Å². The van der Waals surface area contributed by atoms with Crippen molar-refractivity contribution in [2.75, 3.05) is 5.32 Å². The van der Waals surface area contributed by atoms with Crippen molar-refractivity contribution in [3.8, 4) is 0 Å². The lowest BCUT2D eigenvalue weighted by Gasteiger charge is -2.26. The first kappa shape index (κ1) is 23.7. The highest BCUT2D eigenvalue weighted by atomic mass is 16.3. The first-order chi connectivity index (χ1) is 18.4. The summed E-state index contributed by atoms with van der Waals surface area (Å²) in [6.07, 6.45) is 9.54. The van der Waals surface area contributed by atoms with E-state index in [0.29, 0.717) is 36.2 Å². The van der Waals surface area contributed by atoms with Crippen LogP contribution in [0.1, 0.15) is 80.5 Å². The van der Waals surface area contributed by atoms with Gasteiger partial charge in [0.15, 0.2) is 11.6 Å². The molecule has 200 valence electrons. The molecule has 4 aromatic heterocycles. The van der Waals surface area contributed by atoms with Gasteiger partial charge in [-0.2, -0.15) is 5.10 Å². The van der Waals surface area contributed by atoms with Crippen molar-refractivity contribution < 1.29 is 9.90 Å². The molecule has 10 nitrogen and oxygen atoms in total. The zero-order valence-electron chi connectivity index (χ0n) is 22.4. The minimum atomic E-state index is -0.194. The predicted octanol–water partition coefficient (Wildman–Crippen LogP) is 4.43. The van der Waals surface area contributed by atoms with Gasteiger partial charge in [-0.05, 0) is 71.3 Å². The number of anilines is 2. The summed E-state index contributed by atoms with van der Waals surface area (Å²) in [6, 6.07) is 5.15. The summed E-state index contributed by atoms with van der Waals surface area (Å²) in [7, 11) is 1.99. The smallest absolute Gasteiger partial charge is 0.271 e. The Labute approximate surface area is 221 Å². The molecular weight excluding hydrogens is 480 g/mol. The second-order valence-corrected chi connectivity index (χ2v) is 11.4. The summed E-state index contributed by atoms with van der Waals surface area (Å²) >= 11 is 0. The number of carbonyl (C=O) groups excluding carboxylic acids is 1. The molecule has 3 aliphatic carbocycles. The maximum absolute atomic E-state index is 13.8. The quantitative estimate of drug-likeness (QED) is 0.376. The first-order valence-corrected chi connectivity index (χ1v) is 14.1. The maximum Gasteiger partial charge on any atom is 0.271 e. The van der Waals surface area contributed by atoms with E-state index in [1.807, 2.05) is 23.7 Å². The molecule has 1 amide bonds. The van der Waals surface area contributed by atoms with E-state index < -0.39 is 0 Å². The lowest BCUT2D eigenvalue weighted by Crippen LogP contribution is -2.36. The van der Waals surface area contributed by atoms with Crippen molar-refractivity contribution in [2.24, 2.45) is 7.05 Å². The summed E-state index contributed by atoms with van der Waals surface area (Å²) in [4.78, 5) is 25.7. The second-order valence-electron chi connectivity index (χ2n) is 11.4. The van der Waals surface area contributed by atoms with Crippen molar-refractivity contribution in [3.63, 3.8) is 0 Å². The minimum Gasteiger partial charge on any atom is -0.393 e. The lowest BCUT2D eigenvalue weighted by atomic mass is 9.93. The van der Waals surface area contributed by atoms with Crippen molar-refractivity contribution in [1.82, 2.24) is 33.8 Å². The number of aliphatic hydroxyl groups excluding tert-OH is 1. The number of pyridine rings is 1. The van der Waals surface area contributed by atoms with Crippen LogP contribution in [0.25, 0.3) is 22.1 Å². The number of rotatable bonds is 7. The topological polar surface area (TPSA) is 106 Å². The molecule has 7 rings (SSSR count). The van der Waals surface area contributed by atoms with Crippen molar-refractivity contribution >= 4 is 39.6 Å². The molecule has 0 unspecified atom stereocenters. The van der Waals surface area contributed by atoms with Crippen LogP contribution >= 0.6 is 0 Å². The zero-order valence-corrected chi connectivity index (χ0v) is 22.4. The van der Waals surface area contributed by atoms with E-state index in [1.165, 1.54) is 0 Å². The fourth-order valence-electron chi connectivity index (χ4n) is 6.31. The summed E-state index contributed by atoms with van der Waals surface area (Å²) < 4.78 is 6.15. The Morgan fingerprint density at radius 1 is 1.11 bits per heavy atom. The van der Waals surface area contributed by atoms with Gasteiger partial charge in [0.25, 0.3) is 5.91 Å². The first-order valence-electron chi connectivity index (χ1n) is 14.1. The van der Waals surface area contributed by atoms with Crippen LogP contribution in [0.3, 0.4) is 0 Å². The summed E-state index contributed by atoms with van der Waals surface area (Å²) in [6.45, 7) is 4.80. The van der Waals surface area contributed by atoms with Crippen LogP contribution < -0.4 is 5.32 Å². The Morgan fingerprint density at radius 3 is 2.47 bits per heavy atom. The minimum absolute atomic E-state index is 0.131. The molecule has 0 spiro atoms. The van der Waals surface area contributed by atoms with Gasteiger partial charge in [-0.3, -0.25) is 9.48 Å². The van der Waals surface area contributed by atoms with Gasteiger partial charge in [-0.15, -0.1) is 0 Å². The molecule has 3 aliphatic rings. The fourth-order valence-corrected chi connectivity index (χ4v) is 6.31. The van der Waals surface area contributed by atoms with Gasteiger partial charge >= 0.3 is 0 Å². The molecule has 0 radical (unpaired) electrons. The highest BCUT2D eigenvalue weighted by Gasteiger charge is 2.43. The van der Waals surface area contributed by atoms with Crippen LogP contribution in [0.5, 0.6) is 0 Å². The average Bonchev–Trinajstić information content (AvgIpc) is 3.82. The van der Waals surface area contributed by atoms with Gasteiger partial charge in [0.05, 0.1) is 24.0 Å². The average molecular weight is 517 g/mol. The largest absolute Gasteiger partial charge is 0.393 e. The number of carbonyl (C=O) groups is 1. The van der Waals surface area contributed by atoms with Crippen molar-refractivity contribution in [2.45, 2.75) is 96.0 Å². The third-order valence-corrected chi connectivity index (χ3v) is 8.53. The van der Waals surface area contributed by atoms with E-state index in [0.717, 1.165) is 84.9 Å². The monoisotopic (exact) mass is 516 g/mol. The highest BCUT2D eigenvalue weighted by molar-refractivity contribution is 6.10. The van der Waals surface area contributed by atoms with Crippen LogP contribution in [0.4, 0.5) is 11.6 Å². The zero-order chi connectivity index (χ0) is 26.1. The Kier molecular flexibility index (Phi) is 5.51. The number of aliphatic hydroxyl groups is 1. The summed E-state index contributed by atoms with van der Waals surface area (Å²) in [5.74, 6) is 1.50. The SMILES string of the molecule is CCn1c(C(=O)N(C2CC2)C2CC2)cc2c3c(ncn3C)c(Nc3cc(C)n(C4CCC(O)CC4)n3)nc21. The van der Waals surface area contributed by atoms with Crippen LogP contribution in [-0.2, 0) is 13.6 Å². The van der Waals surface area contributed by atoms with Gasteiger partial charge in [0, 0.05) is 42.8 Å². The van der Waals surface area contributed by atoms with Crippen LogP contribution in [-0.4, -0.2) is 63.0 Å². The highest BCUT2D eigenvalue weighted by Crippen LogP contribution is 2.40. The van der Waals surface area contributed by atoms with E-state index in [2.05, 4.69) is 38.3 Å². The third kappa shape index (κ3) is 3.88. The summed E-state index contributed by atoms with van der Waals surface area (Å²) in [5, 5.41) is 19.2. The molecule has 3 fully saturated rings. The van der Waals surface area contributed by atoms with Gasteiger partial charge in [0.1, 0.15) is 16.9 Å². The van der Waals surface area contributed by atoms with Gasteiger partial charge in [-0.1, -0.05) is 0 Å². The third-order valence-electron chi connectivity index (χ3n) is 8.53. The van der Waals surface area contributed by atoms with E-state index in [4.69, 9.17) is 10.1 Å². The number of amides is 1. The predicted molar refractivity (Wildman–Crippen MR) is 146 cm³/mol. The fraction of sp³-hybridized carbons (Fsp3) is 0.571. The molecule has 4 heterocycles. The Morgan fingerprint density at radius 2 is 1.82 bits per heavy atom. The summed E-state index contributed by atoms with van der Waals surface area (Å²) in [5.41, 5.74) is 4.31. The lowest BCUT2D eigenvalue weighted by molar-refractivity contribution is 0.0719. The van der Waals surface area contributed by atoms with Crippen molar-refractivity contribution in [3.05, 3.63) is 29.8 Å². The number of aromatic nitrogens is 6. The van der Waals surface area contributed by atoms with Crippen molar-refractivity contribution in [1.29, 1.82) is 0 Å².